The average molecular weight is 1070 g/mol. The largest absolute Gasteiger partial charge is 0.508 e. The summed E-state index contributed by atoms with van der Waals surface area (Å²) in [5.74, 6) is -0.978. The first-order valence-corrected chi connectivity index (χ1v) is 27.2. The minimum Gasteiger partial charge on any atom is -0.508 e. The van der Waals surface area contributed by atoms with E-state index in [9.17, 15) is 51.3 Å². The molecule has 4 aromatic carbocycles. The quantitative estimate of drug-likeness (QED) is 0.0495. The molecule has 2 saturated heterocycles. The van der Waals surface area contributed by atoms with Crippen LogP contribution in [-0.2, 0) is 29.1 Å². The molecule has 20 heteroatoms. The van der Waals surface area contributed by atoms with Gasteiger partial charge in [0, 0.05) is 19.4 Å². The zero-order valence-corrected chi connectivity index (χ0v) is 43.8. The van der Waals surface area contributed by atoms with Crippen LogP contribution in [0.15, 0.2) is 103 Å². The normalized spacial score (nSPS) is 20.5. The first kappa shape index (κ1) is 54.8. The Morgan fingerprint density at radius 3 is 2.05 bits per heavy atom. The third-order valence-corrected chi connectivity index (χ3v) is 17.0. The van der Waals surface area contributed by atoms with E-state index < -0.39 is 81.7 Å². The maximum Gasteiger partial charge on any atom is 0.407 e. The van der Waals surface area contributed by atoms with Gasteiger partial charge in [-0.2, -0.15) is 13.2 Å². The smallest absolute Gasteiger partial charge is 0.407 e. The lowest BCUT2D eigenvalue weighted by Gasteiger charge is -2.35. The number of unbranched alkanes of at least 4 members (excludes halogenated alkanes) is 2. The van der Waals surface area contributed by atoms with Crippen LogP contribution < -0.4 is 19.7 Å². The minimum atomic E-state index is -4.90. The molecule has 5 N–H and O–H groups in total. The molecule has 75 heavy (non-hydrogen) atoms. The summed E-state index contributed by atoms with van der Waals surface area (Å²) >= 11 is 1.55. The number of sulfonamides is 1. The van der Waals surface area contributed by atoms with Crippen molar-refractivity contribution < 1.29 is 60.8 Å². The van der Waals surface area contributed by atoms with Gasteiger partial charge in [0.15, 0.2) is 0 Å². The Bertz CT molecular complexity index is 2980. The second kappa shape index (κ2) is 22.4. The number of likely N-dealkylation sites (tertiary alicyclic amines) is 1. The number of alkyl halides is 3. The molecule has 5 aromatic rings. The first-order valence-electron chi connectivity index (χ1n) is 24.9. The van der Waals surface area contributed by atoms with Gasteiger partial charge in [-0.05, 0) is 127 Å². The van der Waals surface area contributed by atoms with E-state index in [0.717, 1.165) is 21.7 Å². The molecule has 4 heterocycles. The number of carbonyl (C=O) groups is 3. The number of nitrogens with zero attached hydrogens (tertiary/aromatic N) is 3. The molecular formula is C55H62F3N5O10S2. The number of benzene rings is 4. The number of aliphatic hydroxyl groups excluding tert-OH is 1. The van der Waals surface area contributed by atoms with Crippen molar-refractivity contribution in [1.29, 1.82) is 0 Å². The lowest BCUT2D eigenvalue weighted by atomic mass is 9.83. The van der Waals surface area contributed by atoms with E-state index in [1.54, 1.807) is 41.1 Å². The maximum atomic E-state index is 14.4. The highest BCUT2D eigenvalue weighted by Crippen LogP contribution is 2.52. The number of aliphatic hydroxyl groups is 1. The number of hydrogen-bond acceptors (Lipinski definition) is 12. The number of fused-ring (bicyclic) bond motifs is 2. The number of aromatic nitrogens is 1. The highest BCUT2D eigenvalue weighted by Gasteiger charge is 2.55. The van der Waals surface area contributed by atoms with Crippen molar-refractivity contribution in [2.45, 2.75) is 121 Å². The third kappa shape index (κ3) is 12.6. The van der Waals surface area contributed by atoms with Gasteiger partial charge in [-0.25, -0.2) is 13.4 Å². The van der Waals surface area contributed by atoms with Crippen LogP contribution >= 0.6 is 11.3 Å². The fourth-order valence-electron chi connectivity index (χ4n) is 10.0. The van der Waals surface area contributed by atoms with Crippen LogP contribution in [0, 0.1) is 12.3 Å². The second-order valence-electron chi connectivity index (χ2n) is 20.4. The summed E-state index contributed by atoms with van der Waals surface area (Å²) in [5.41, 5.74) is 5.94. The van der Waals surface area contributed by atoms with Crippen molar-refractivity contribution in [1.82, 2.24) is 20.5 Å². The average Bonchev–Trinajstić information content (AvgIpc) is 4.21. The van der Waals surface area contributed by atoms with Crippen molar-refractivity contribution in [3.8, 4) is 27.7 Å². The Labute approximate surface area is 438 Å². The van der Waals surface area contributed by atoms with Crippen LogP contribution in [0.25, 0.3) is 21.6 Å². The predicted octanol–water partition coefficient (Wildman–Crippen LogP) is 8.69. The molecule has 3 unspecified atom stereocenters. The molecule has 0 saturated carbocycles. The van der Waals surface area contributed by atoms with E-state index in [1.807, 2.05) is 58.9 Å². The van der Waals surface area contributed by atoms with E-state index in [-0.39, 0.29) is 61.3 Å². The Kier molecular flexibility index (Phi) is 16.4. The lowest BCUT2D eigenvalue weighted by molar-refractivity contribution is -0.144. The lowest BCUT2D eigenvalue weighted by Crippen LogP contribution is -2.57. The topological polar surface area (TPSA) is 208 Å². The number of anilines is 1. The molecule has 400 valence electrons. The summed E-state index contributed by atoms with van der Waals surface area (Å²) < 4.78 is 83.9. The van der Waals surface area contributed by atoms with Crippen molar-refractivity contribution in [2.75, 3.05) is 24.0 Å². The molecule has 8 rings (SSSR count). The van der Waals surface area contributed by atoms with Crippen LogP contribution in [-0.4, -0.2) is 113 Å². The van der Waals surface area contributed by atoms with Crippen LogP contribution in [0.1, 0.15) is 94.6 Å². The molecule has 15 nitrogen and oxygen atoms in total. The van der Waals surface area contributed by atoms with Crippen LogP contribution in [0.4, 0.5) is 18.9 Å². The number of rotatable bonds is 19. The summed E-state index contributed by atoms with van der Waals surface area (Å²) in [6.45, 7) is 7.57. The monoisotopic (exact) mass is 1070 g/mol. The molecule has 0 radical (unpaired) electrons. The number of thiazole rings is 1. The van der Waals surface area contributed by atoms with Crippen LogP contribution in [0.2, 0.25) is 0 Å². The molecule has 2 bridgehead atoms. The van der Waals surface area contributed by atoms with Gasteiger partial charge in [-0.15, -0.1) is 11.3 Å². The van der Waals surface area contributed by atoms with E-state index in [1.165, 1.54) is 53.4 Å². The summed E-state index contributed by atoms with van der Waals surface area (Å²) in [6, 6.07) is 23.1. The number of amides is 3. The number of phenols is 2. The Hall–Kier alpha value is -6.48. The fraction of sp³-hybridized carbons (Fsp3) is 0.418. The number of phenolic OH excluding ortho intramolecular Hbond substituents is 2. The van der Waals surface area contributed by atoms with Crippen molar-refractivity contribution in [3.05, 3.63) is 125 Å². The zero-order valence-electron chi connectivity index (χ0n) is 42.2. The number of carbonyl (C=O) groups excluding carboxylic acids is 3. The number of ether oxygens (including phenoxy) is 2. The van der Waals surface area contributed by atoms with Crippen LogP contribution in [0.3, 0.4) is 0 Å². The minimum absolute atomic E-state index is 0.0154. The van der Waals surface area contributed by atoms with Gasteiger partial charge in [0.2, 0.25) is 27.7 Å². The molecular weight excluding hydrogens is 1010 g/mol. The summed E-state index contributed by atoms with van der Waals surface area (Å²) in [7, 11) is -4.74. The predicted molar refractivity (Wildman–Crippen MR) is 279 cm³/mol. The van der Waals surface area contributed by atoms with Gasteiger partial charge in [0.05, 0.1) is 46.6 Å². The van der Waals surface area contributed by atoms with E-state index in [4.69, 9.17) is 9.47 Å². The molecule has 0 aliphatic carbocycles. The maximum absolute atomic E-state index is 14.4. The number of hydrogen-bond donors (Lipinski definition) is 5. The summed E-state index contributed by atoms with van der Waals surface area (Å²) in [6.07, 6.45) is -6.24. The Morgan fingerprint density at radius 1 is 0.853 bits per heavy atom. The summed E-state index contributed by atoms with van der Waals surface area (Å²) in [5, 5.41) is 35.1. The number of halogens is 3. The van der Waals surface area contributed by atoms with Crippen LogP contribution in [0.5, 0.6) is 17.2 Å². The van der Waals surface area contributed by atoms with Gasteiger partial charge in [0.1, 0.15) is 47.2 Å². The van der Waals surface area contributed by atoms with E-state index in [2.05, 4.69) is 15.6 Å². The fourth-order valence-corrected chi connectivity index (χ4v) is 12.8. The number of aryl methyl sites for hydroxylation is 1. The van der Waals surface area contributed by atoms with Gasteiger partial charge in [0.25, 0.3) is 0 Å². The Balaban J connectivity index is 0.837. The SMILES string of the molecule is Cc1ncsc1-c1ccc([C@H](C)NC(=O)[C@@H]2C[C@H](O)CN2C(=O)[C@@H](NC(=O)CCCCCOc2ccc(N(CC(F)(F)F)S(=O)(=O)C3CC4OC3C(c3ccc(O)cc3)=C4c3ccc(O)cc3)cc2)C(C)(C)C)cc1. The number of β-amino-alcohol motifs (C(OH)–C–C–N with tert-alkyl or cyclic N) is 1. The van der Waals surface area contributed by atoms with Gasteiger partial charge in [-0.3, -0.25) is 18.7 Å². The standard InChI is InChI=1S/C55H62F3N5O10S2/c1-32(34-10-12-37(13-11-34)50-33(2)59-31-74-50)60-52(68)43-27-41(66)29-62(43)53(69)51(54(3,4)5)61-46(67)9-7-6-8-26-72-42-24-18-38(19-25-42)63(30-55(56,57)58)75(70,71)45-28-44-47(35-14-20-39(64)21-15-35)48(49(45)73-44)36-16-22-40(65)23-17-36/h10-25,31-32,41,43-45,49,51,64-66H,6-9,26-30H2,1-5H3,(H,60,68)(H,61,67)/t32-,41-,43-,44?,45?,49?,51+/m0/s1. The molecule has 2 fully saturated rings. The number of aromatic hydroxyl groups is 2. The van der Waals surface area contributed by atoms with Crippen molar-refractivity contribution in [3.63, 3.8) is 0 Å². The van der Waals surface area contributed by atoms with Gasteiger partial charge < -0.3 is 40.3 Å². The molecule has 0 spiro atoms. The van der Waals surface area contributed by atoms with Gasteiger partial charge >= 0.3 is 6.18 Å². The van der Waals surface area contributed by atoms with E-state index in [0.29, 0.717) is 45.8 Å². The molecule has 3 aliphatic rings. The van der Waals surface area contributed by atoms with Crippen molar-refractivity contribution in [2.24, 2.45) is 5.41 Å². The Morgan fingerprint density at radius 2 is 1.47 bits per heavy atom. The highest BCUT2D eigenvalue weighted by atomic mass is 32.2. The van der Waals surface area contributed by atoms with E-state index >= 15 is 0 Å². The van der Waals surface area contributed by atoms with Crippen molar-refractivity contribution >= 4 is 55.9 Å². The molecule has 3 aliphatic heterocycles. The third-order valence-electron chi connectivity index (χ3n) is 13.9. The highest BCUT2D eigenvalue weighted by molar-refractivity contribution is 7.93. The molecule has 7 atom stereocenters. The second-order valence-corrected chi connectivity index (χ2v) is 23.4. The zero-order chi connectivity index (χ0) is 54.0. The molecule has 3 amide bonds. The molecule has 1 aromatic heterocycles. The number of nitrogens with one attached hydrogen (secondary N) is 2. The van der Waals surface area contributed by atoms with Gasteiger partial charge in [-0.1, -0.05) is 69.3 Å². The summed E-state index contributed by atoms with van der Waals surface area (Å²) in [4.78, 5) is 47.9. The first-order chi connectivity index (χ1) is 35.5.